The third kappa shape index (κ3) is 3.91. The van der Waals surface area contributed by atoms with E-state index in [1.165, 1.54) is 0 Å². The highest BCUT2D eigenvalue weighted by Crippen LogP contribution is 2.43. The Balaban J connectivity index is 1.63. The number of urea groups is 1. The van der Waals surface area contributed by atoms with Gasteiger partial charge in [0, 0.05) is 11.3 Å². The molecular weight excluding hydrogens is 394 g/mol. The number of hydrogen-bond donors (Lipinski definition) is 1. The number of carbonyl (C=O) groups excluding carboxylic acids is 1. The second-order valence-electron chi connectivity index (χ2n) is 7.70. The number of carbonyl (C=O) groups is 1. The maximum atomic E-state index is 13.7. The molecule has 4 heteroatoms. The third-order valence-corrected chi connectivity index (χ3v) is 5.62. The van der Waals surface area contributed by atoms with Gasteiger partial charge in [0.2, 0.25) is 0 Å². The summed E-state index contributed by atoms with van der Waals surface area (Å²) in [6, 6.07) is 39.1. The standard InChI is InChI=1S/C28H23N3O/c32-28(29-24-19-11-4-12-20-24)31-26(22-15-7-2-8-16-22)25(21-13-5-1-6-14-21)30-27(31)23-17-9-3-10-18-23/h1-20,25-26H,(H,29,32)/t25-,26-/m0/s1. The molecule has 2 amide bonds. The number of aliphatic imine (C=N–C) groups is 1. The summed E-state index contributed by atoms with van der Waals surface area (Å²) in [6.07, 6.45) is 0. The second kappa shape index (κ2) is 8.90. The number of amides is 2. The molecule has 4 nitrogen and oxygen atoms in total. The Bertz CT molecular complexity index is 1210. The lowest BCUT2D eigenvalue weighted by molar-refractivity contribution is 0.221. The van der Waals surface area contributed by atoms with Gasteiger partial charge in [0.15, 0.2) is 0 Å². The van der Waals surface area contributed by atoms with E-state index in [0.717, 1.165) is 22.4 Å². The van der Waals surface area contributed by atoms with Crippen LogP contribution in [0.4, 0.5) is 10.5 Å². The molecule has 0 bridgehead atoms. The molecule has 0 saturated carbocycles. The molecule has 1 aliphatic rings. The first-order chi connectivity index (χ1) is 15.8. The minimum Gasteiger partial charge on any atom is -0.307 e. The molecule has 156 valence electrons. The SMILES string of the molecule is O=C(Nc1ccccc1)N1C(c2ccccc2)=N[C@@H](c2ccccc2)[C@@H]1c1ccccc1. The van der Waals surface area contributed by atoms with Crippen molar-refractivity contribution < 1.29 is 4.79 Å². The molecule has 0 saturated heterocycles. The van der Waals surface area contributed by atoms with E-state index in [4.69, 9.17) is 4.99 Å². The van der Waals surface area contributed by atoms with Crippen LogP contribution >= 0.6 is 0 Å². The van der Waals surface area contributed by atoms with Crippen molar-refractivity contribution in [3.63, 3.8) is 0 Å². The molecule has 0 aliphatic carbocycles. The van der Waals surface area contributed by atoms with E-state index in [9.17, 15) is 4.79 Å². The minimum atomic E-state index is -0.266. The highest BCUT2D eigenvalue weighted by atomic mass is 16.2. The Morgan fingerprint density at radius 1 is 0.656 bits per heavy atom. The van der Waals surface area contributed by atoms with E-state index in [2.05, 4.69) is 29.6 Å². The highest BCUT2D eigenvalue weighted by molar-refractivity contribution is 6.12. The zero-order valence-electron chi connectivity index (χ0n) is 17.5. The van der Waals surface area contributed by atoms with Gasteiger partial charge in [-0.15, -0.1) is 0 Å². The monoisotopic (exact) mass is 417 g/mol. The quantitative estimate of drug-likeness (QED) is 0.407. The van der Waals surface area contributed by atoms with E-state index in [1.54, 1.807) is 4.90 Å². The van der Waals surface area contributed by atoms with Gasteiger partial charge in [-0.25, -0.2) is 4.79 Å². The van der Waals surface area contributed by atoms with Crippen molar-refractivity contribution in [3.8, 4) is 0 Å². The van der Waals surface area contributed by atoms with Gasteiger partial charge in [-0.3, -0.25) is 9.89 Å². The Labute approximate surface area is 187 Å². The molecule has 32 heavy (non-hydrogen) atoms. The van der Waals surface area contributed by atoms with Crippen LogP contribution < -0.4 is 5.32 Å². The van der Waals surface area contributed by atoms with Gasteiger partial charge in [0.25, 0.3) is 0 Å². The molecular formula is C28H23N3O. The number of amidine groups is 1. The Hall–Kier alpha value is -4.18. The number of nitrogens with one attached hydrogen (secondary N) is 1. The topological polar surface area (TPSA) is 44.7 Å². The lowest BCUT2D eigenvalue weighted by Crippen LogP contribution is -2.40. The minimum absolute atomic E-state index is 0.203. The molecule has 1 heterocycles. The number of nitrogens with zero attached hydrogens (tertiary/aromatic N) is 2. The second-order valence-corrected chi connectivity index (χ2v) is 7.70. The summed E-state index contributed by atoms with van der Waals surface area (Å²) in [4.78, 5) is 20.6. The largest absolute Gasteiger partial charge is 0.328 e. The maximum absolute atomic E-state index is 13.7. The summed E-state index contributed by atoms with van der Waals surface area (Å²) in [5, 5.41) is 3.06. The molecule has 1 N–H and O–H groups in total. The number of hydrogen-bond acceptors (Lipinski definition) is 2. The molecule has 0 radical (unpaired) electrons. The fourth-order valence-corrected chi connectivity index (χ4v) is 4.15. The van der Waals surface area contributed by atoms with E-state index < -0.39 is 0 Å². The first-order valence-corrected chi connectivity index (χ1v) is 10.7. The molecule has 0 fully saturated rings. The smallest absolute Gasteiger partial charge is 0.307 e. The number of benzene rings is 4. The van der Waals surface area contributed by atoms with Crippen molar-refractivity contribution in [2.24, 2.45) is 4.99 Å². The van der Waals surface area contributed by atoms with E-state index in [0.29, 0.717) is 5.84 Å². The van der Waals surface area contributed by atoms with Crippen LogP contribution in [0.3, 0.4) is 0 Å². The average Bonchev–Trinajstić information content (AvgIpc) is 3.27. The molecule has 5 rings (SSSR count). The summed E-state index contributed by atoms with van der Waals surface area (Å²) in [6.45, 7) is 0. The molecule has 0 spiro atoms. The lowest BCUT2D eigenvalue weighted by atomic mass is 9.94. The number of rotatable bonds is 4. The zero-order chi connectivity index (χ0) is 21.8. The average molecular weight is 418 g/mol. The molecule has 1 aliphatic heterocycles. The van der Waals surface area contributed by atoms with Crippen LogP contribution in [0.1, 0.15) is 28.8 Å². The summed E-state index contributed by atoms with van der Waals surface area (Å²) < 4.78 is 0. The van der Waals surface area contributed by atoms with Crippen molar-refractivity contribution in [3.05, 3.63) is 138 Å². The summed E-state index contributed by atoms with van der Waals surface area (Å²) in [5.74, 6) is 0.668. The first-order valence-electron chi connectivity index (χ1n) is 10.7. The predicted octanol–water partition coefficient (Wildman–Crippen LogP) is 6.46. The third-order valence-electron chi connectivity index (χ3n) is 5.62. The molecule has 0 unspecified atom stereocenters. The van der Waals surface area contributed by atoms with Crippen molar-refractivity contribution in [1.29, 1.82) is 0 Å². The van der Waals surface area contributed by atoms with Gasteiger partial charge in [-0.1, -0.05) is 109 Å². The van der Waals surface area contributed by atoms with Crippen LogP contribution in [0.2, 0.25) is 0 Å². The molecule has 0 aromatic heterocycles. The van der Waals surface area contributed by atoms with Crippen LogP contribution in [0.25, 0.3) is 0 Å². The van der Waals surface area contributed by atoms with Crippen LogP contribution in [0, 0.1) is 0 Å². The van der Waals surface area contributed by atoms with Gasteiger partial charge >= 0.3 is 6.03 Å². The van der Waals surface area contributed by atoms with E-state index in [1.807, 2.05) is 97.1 Å². The summed E-state index contributed by atoms with van der Waals surface area (Å²) in [7, 11) is 0. The molecule has 4 aromatic carbocycles. The van der Waals surface area contributed by atoms with Gasteiger partial charge < -0.3 is 5.32 Å². The van der Waals surface area contributed by atoms with Crippen molar-refractivity contribution >= 4 is 17.6 Å². The van der Waals surface area contributed by atoms with E-state index in [-0.39, 0.29) is 18.1 Å². The predicted molar refractivity (Wildman–Crippen MR) is 129 cm³/mol. The Morgan fingerprint density at radius 2 is 1.16 bits per heavy atom. The Kier molecular flexibility index (Phi) is 5.50. The van der Waals surface area contributed by atoms with Crippen molar-refractivity contribution in [1.82, 2.24) is 4.90 Å². The number of anilines is 1. The van der Waals surface area contributed by atoms with Crippen molar-refractivity contribution in [2.75, 3.05) is 5.32 Å². The first kappa shape index (κ1) is 19.8. The molecule has 4 aromatic rings. The van der Waals surface area contributed by atoms with Crippen LogP contribution in [0.15, 0.2) is 126 Å². The van der Waals surface area contributed by atoms with E-state index >= 15 is 0 Å². The van der Waals surface area contributed by atoms with Gasteiger partial charge in [-0.05, 0) is 23.3 Å². The van der Waals surface area contributed by atoms with Crippen LogP contribution in [0.5, 0.6) is 0 Å². The highest BCUT2D eigenvalue weighted by Gasteiger charge is 2.42. The van der Waals surface area contributed by atoms with Gasteiger partial charge in [0.05, 0.1) is 6.04 Å². The lowest BCUT2D eigenvalue weighted by Gasteiger charge is -2.29. The Morgan fingerprint density at radius 3 is 1.75 bits per heavy atom. The van der Waals surface area contributed by atoms with Crippen LogP contribution in [-0.4, -0.2) is 16.8 Å². The van der Waals surface area contributed by atoms with Crippen LogP contribution in [-0.2, 0) is 0 Å². The fraction of sp³-hybridized carbons (Fsp3) is 0.0714. The molecule has 2 atom stereocenters. The van der Waals surface area contributed by atoms with Crippen molar-refractivity contribution in [2.45, 2.75) is 12.1 Å². The normalized spacial score (nSPS) is 17.6. The van der Waals surface area contributed by atoms with Gasteiger partial charge in [-0.2, -0.15) is 0 Å². The summed E-state index contributed by atoms with van der Waals surface area (Å²) in [5.41, 5.74) is 3.78. The zero-order valence-corrected chi connectivity index (χ0v) is 17.5. The maximum Gasteiger partial charge on any atom is 0.328 e. The fourth-order valence-electron chi connectivity index (χ4n) is 4.15. The summed E-state index contributed by atoms with van der Waals surface area (Å²) >= 11 is 0. The van der Waals surface area contributed by atoms with Gasteiger partial charge in [0.1, 0.15) is 11.9 Å². The number of para-hydroxylation sites is 1.